The molecule has 1 N–H and O–H groups in total. The average molecular weight is 330 g/mol. The minimum absolute atomic E-state index is 0.0338. The van der Waals surface area contributed by atoms with Gasteiger partial charge in [0, 0.05) is 25.0 Å². The summed E-state index contributed by atoms with van der Waals surface area (Å²) < 4.78 is 2.90. The Kier molecular flexibility index (Phi) is 4.07. The zero-order valence-electron chi connectivity index (χ0n) is 12.4. The summed E-state index contributed by atoms with van der Waals surface area (Å²) in [6, 6.07) is 6.59. The van der Waals surface area contributed by atoms with Crippen LogP contribution in [-0.2, 0) is 18.4 Å². The molecule has 0 unspecified atom stereocenters. The van der Waals surface area contributed by atoms with E-state index in [0.29, 0.717) is 15.6 Å². The highest BCUT2D eigenvalue weighted by Crippen LogP contribution is 2.02. The first-order chi connectivity index (χ1) is 11.1. The first-order valence-electron chi connectivity index (χ1n) is 6.96. The lowest BCUT2D eigenvalue weighted by Crippen LogP contribution is -2.30. The molecule has 1 aromatic carbocycles. The van der Waals surface area contributed by atoms with E-state index in [9.17, 15) is 14.4 Å². The fourth-order valence-electron chi connectivity index (χ4n) is 2.21. The zero-order chi connectivity index (χ0) is 16.4. The fraction of sp³-hybridized carbons (Fsp3) is 0.200. The van der Waals surface area contributed by atoms with Gasteiger partial charge in [0.15, 0.2) is 4.80 Å². The van der Waals surface area contributed by atoms with Crippen LogP contribution >= 0.6 is 11.3 Å². The number of aryl methyl sites for hydroxylation is 2. The van der Waals surface area contributed by atoms with Crippen molar-refractivity contribution >= 4 is 28.0 Å². The molecule has 0 spiro atoms. The highest BCUT2D eigenvalue weighted by Gasteiger charge is 2.08. The molecule has 2 heterocycles. The summed E-state index contributed by atoms with van der Waals surface area (Å²) in [6.07, 6.45) is 1.84. The quantitative estimate of drug-likeness (QED) is 0.763. The van der Waals surface area contributed by atoms with Gasteiger partial charge in [-0.1, -0.05) is 12.1 Å². The summed E-state index contributed by atoms with van der Waals surface area (Å²) >= 11 is 1.36. The number of aromatic nitrogens is 3. The fourth-order valence-corrected chi connectivity index (χ4v) is 2.96. The van der Waals surface area contributed by atoms with Crippen LogP contribution in [0.5, 0.6) is 0 Å². The first kappa shape index (κ1) is 15.2. The smallest absolute Gasteiger partial charge is 0.273 e. The minimum atomic E-state index is -0.353. The van der Waals surface area contributed by atoms with Gasteiger partial charge in [-0.2, -0.15) is 4.99 Å². The molecule has 7 nitrogen and oxygen atoms in total. The van der Waals surface area contributed by atoms with Crippen molar-refractivity contribution in [1.82, 2.24) is 14.3 Å². The molecule has 23 heavy (non-hydrogen) atoms. The van der Waals surface area contributed by atoms with Gasteiger partial charge in [0.05, 0.1) is 17.3 Å². The number of thiazole rings is 1. The normalized spacial score (nSPS) is 12.0. The molecule has 0 bridgehead atoms. The number of nitrogens with zero attached hydrogens (tertiary/aromatic N) is 3. The van der Waals surface area contributed by atoms with Gasteiger partial charge in [-0.05, 0) is 12.1 Å². The lowest BCUT2D eigenvalue weighted by molar-refractivity contribution is -0.118. The van der Waals surface area contributed by atoms with Crippen molar-refractivity contribution in [2.75, 3.05) is 0 Å². The van der Waals surface area contributed by atoms with Crippen LogP contribution in [0.2, 0.25) is 0 Å². The van der Waals surface area contributed by atoms with Crippen molar-refractivity contribution in [2.24, 2.45) is 12.0 Å². The van der Waals surface area contributed by atoms with Gasteiger partial charge in [-0.25, -0.2) is 4.68 Å². The van der Waals surface area contributed by atoms with Gasteiger partial charge in [0.25, 0.3) is 11.1 Å². The molecule has 3 rings (SSSR count). The maximum absolute atomic E-state index is 12.3. The summed E-state index contributed by atoms with van der Waals surface area (Å²) in [7, 11) is 1.80. The van der Waals surface area contributed by atoms with E-state index in [0.717, 1.165) is 4.68 Å². The van der Waals surface area contributed by atoms with Crippen LogP contribution in [0.15, 0.2) is 50.4 Å². The van der Waals surface area contributed by atoms with Crippen LogP contribution in [0.3, 0.4) is 0 Å². The molecule has 0 atom stereocenters. The molecule has 2 aromatic heterocycles. The molecule has 0 fully saturated rings. The molecule has 1 amide bonds. The third kappa shape index (κ3) is 3.07. The highest BCUT2D eigenvalue weighted by atomic mass is 32.1. The lowest BCUT2D eigenvalue weighted by Gasteiger charge is -2.05. The lowest BCUT2D eigenvalue weighted by atomic mass is 10.2. The third-order valence-corrected chi connectivity index (χ3v) is 4.26. The zero-order valence-corrected chi connectivity index (χ0v) is 13.2. The number of fused-ring (bicyclic) bond motifs is 1. The number of carbonyl (C=O) groups excluding carboxylic acids is 1. The molecule has 0 radical (unpaired) electrons. The highest BCUT2D eigenvalue weighted by molar-refractivity contribution is 7.07. The van der Waals surface area contributed by atoms with Crippen molar-refractivity contribution in [3.8, 4) is 0 Å². The summed E-state index contributed by atoms with van der Waals surface area (Å²) in [4.78, 5) is 40.8. The number of benzene rings is 1. The van der Waals surface area contributed by atoms with E-state index in [1.54, 1.807) is 35.9 Å². The van der Waals surface area contributed by atoms with E-state index in [1.807, 2.05) is 11.6 Å². The number of carbonyl (C=O) groups is 1. The second-order valence-corrected chi connectivity index (χ2v) is 5.87. The summed E-state index contributed by atoms with van der Waals surface area (Å²) in [5, 5.41) is 5.01. The molecular formula is C15H14N4O3S. The molecular weight excluding hydrogens is 316 g/mol. The predicted octanol–water partition coefficient (Wildman–Crippen LogP) is 0.607. The maximum Gasteiger partial charge on any atom is 0.273 e. The summed E-state index contributed by atoms with van der Waals surface area (Å²) in [5.41, 5.74) is -0.677. The number of hydrogen-bond acceptors (Lipinski definition) is 4. The number of amides is 1. The van der Waals surface area contributed by atoms with E-state index in [-0.39, 0.29) is 30.0 Å². The Labute approximate surface area is 134 Å². The standard InChI is InChI=1S/C15H14N4O3S/c1-18-8-9-23-15(18)16-12(20)6-7-19-14(22)11-5-3-2-4-10(11)13(21)17-19/h2-5,8-9H,6-7H2,1H3,(H,17,21). The van der Waals surface area contributed by atoms with E-state index < -0.39 is 0 Å². The van der Waals surface area contributed by atoms with Gasteiger partial charge >= 0.3 is 0 Å². The molecule has 0 aliphatic carbocycles. The Morgan fingerprint density at radius 3 is 2.70 bits per heavy atom. The summed E-state index contributed by atoms with van der Waals surface area (Å²) in [5.74, 6) is -0.344. The van der Waals surface area contributed by atoms with Crippen LogP contribution in [0.1, 0.15) is 6.42 Å². The number of aromatic amines is 1. The van der Waals surface area contributed by atoms with E-state index >= 15 is 0 Å². The second-order valence-electron chi connectivity index (χ2n) is 5.00. The molecule has 0 saturated heterocycles. The van der Waals surface area contributed by atoms with Crippen LogP contribution in [0.4, 0.5) is 0 Å². The van der Waals surface area contributed by atoms with Crippen LogP contribution in [0.25, 0.3) is 10.8 Å². The van der Waals surface area contributed by atoms with Crippen molar-refractivity contribution in [3.63, 3.8) is 0 Å². The Bertz CT molecular complexity index is 1050. The second kappa shape index (κ2) is 6.17. The number of hydrogen-bond donors (Lipinski definition) is 1. The van der Waals surface area contributed by atoms with Gasteiger partial charge in [0.2, 0.25) is 5.91 Å². The molecule has 0 saturated carbocycles. The van der Waals surface area contributed by atoms with Gasteiger partial charge < -0.3 is 4.57 Å². The Morgan fingerprint density at radius 2 is 2.00 bits per heavy atom. The Hall–Kier alpha value is -2.74. The maximum atomic E-state index is 12.3. The minimum Gasteiger partial charge on any atom is -0.327 e. The topological polar surface area (TPSA) is 89.2 Å². The van der Waals surface area contributed by atoms with Crippen molar-refractivity contribution < 1.29 is 4.79 Å². The molecule has 0 aliphatic heterocycles. The van der Waals surface area contributed by atoms with E-state index in [2.05, 4.69) is 10.1 Å². The van der Waals surface area contributed by atoms with Crippen LogP contribution in [0, 0.1) is 0 Å². The van der Waals surface area contributed by atoms with Crippen LogP contribution < -0.4 is 15.9 Å². The van der Waals surface area contributed by atoms with E-state index in [1.165, 1.54) is 11.3 Å². The third-order valence-electron chi connectivity index (χ3n) is 3.41. The largest absolute Gasteiger partial charge is 0.327 e. The SMILES string of the molecule is Cn1ccsc1=NC(=O)CCn1[nH]c(=O)c2ccccc2c1=O. The van der Waals surface area contributed by atoms with Gasteiger partial charge in [0.1, 0.15) is 0 Å². The van der Waals surface area contributed by atoms with Crippen LogP contribution in [-0.4, -0.2) is 20.3 Å². The predicted molar refractivity (Wildman–Crippen MR) is 87.3 cm³/mol. The average Bonchev–Trinajstić information content (AvgIpc) is 2.94. The Balaban J connectivity index is 1.87. The molecule has 8 heteroatoms. The number of nitrogens with one attached hydrogen (secondary N) is 1. The van der Waals surface area contributed by atoms with Gasteiger partial charge in [-0.15, -0.1) is 11.3 Å². The first-order valence-corrected chi connectivity index (χ1v) is 7.84. The van der Waals surface area contributed by atoms with Gasteiger partial charge in [-0.3, -0.25) is 19.5 Å². The van der Waals surface area contributed by atoms with Crippen molar-refractivity contribution in [2.45, 2.75) is 13.0 Å². The molecule has 3 aromatic rings. The number of rotatable bonds is 3. The van der Waals surface area contributed by atoms with Crippen molar-refractivity contribution in [3.05, 3.63) is 61.4 Å². The number of H-pyrrole nitrogens is 1. The van der Waals surface area contributed by atoms with Crippen molar-refractivity contribution in [1.29, 1.82) is 0 Å². The molecule has 0 aliphatic rings. The summed E-state index contributed by atoms with van der Waals surface area (Å²) in [6.45, 7) is 0.0797. The Morgan fingerprint density at radius 1 is 1.26 bits per heavy atom. The molecule has 118 valence electrons. The monoisotopic (exact) mass is 330 g/mol. The van der Waals surface area contributed by atoms with E-state index in [4.69, 9.17) is 0 Å².